The second-order valence-corrected chi connectivity index (χ2v) is 5.66. The van der Waals surface area contributed by atoms with Crippen molar-refractivity contribution >= 4 is 10.9 Å². The third-order valence-electron chi connectivity index (χ3n) is 2.69. The molecule has 0 aliphatic heterocycles. The Balaban J connectivity index is 2.13. The van der Waals surface area contributed by atoms with E-state index in [1.54, 1.807) is 0 Å². The molecular weight excluding hydrogens is 208 g/mol. The third-order valence-corrected chi connectivity index (χ3v) is 2.69. The molecule has 1 N–H and O–H groups in total. The first kappa shape index (κ1) is 12.1. The number of benzene rings is 1. The minimum absolute atomic E-state index is 0.317. The molecule has 0 radical (unpaired) electrons. The Morgan fingerprint density at radius 1 is 1.12 bits per heavy atom. The molecule has 0 amide bonds. The average Bonchev–Trinajstić information content (AvgIpc) is 2.28. The van der Waals surface area contributed by atoms with E-state index >= 15 is 0 Å². The SMILES string of the molecule is CC(C)(C)CNCc1cccc2cccnc12. The standard InChI is InChI=1S/C15H20N2/c1-15(2,3)11-16-10-13-7-4-6-12-8-5-9-17-14(12)13/h4-9,16H,10-11H2,1-3H3. The van der Waals surface area contributed by atoms with Crippen LogP contribution < -0.4 is 5.32 Å². The molecule has 1 aromatic carbocycles. The zero-order valence-corrected chi connectivity index (χ0v) is 10.8. The summed E-state index contributed by atoms with van der Waals surface area (Å²) in [6, 6.07) is 10.4. The highest BCUT2D eigenvalue weighted by Gasteiger charge is 2.09. The topological polar surface area (TPSA) is 24.9 Å². The summed E-state index contributed by atoms with van der Waals surface area (Å²) in [4.78, 5) is 4.46. The van der Waals surface area contributed by atoms with Crippen LogP contribution in [0.5, 0.6) is 0 Å². The third kappa shape index (κ3) is 3.27. The predicted molar refractivity (Wildman–Crippen MR) is 72.9 cm³/mol. The number of rotatable bonds is 3. The van der Waals surface area contributed by atoms with Gasteiger partial charge in [-0.2, -0.15) is 0 Å². The highest BCUT2D eigenvalue weighted by atomic mass is 14.9. The lowest BCUT2D eigenvalue weighted by Crippen LogP contribution is -2.26. The number of nitrogens with one attached hydrogen (secondary N) is 1. The van der Waals surface area contributed by atoms with E-state index in [9.17, 15) is 0 Å². The molecule has 0 aliphatic carbocycles. The normalized spacial score (nSPS) is 11.9. The van der Waals surface area contributed by atoms with Gasteiger partial charge in [-0.15, -0.1) is 0 Å². The number of fused-ring (bicyclic) bond motifs is 1. The summed E-state index contributed by atoms with van der Waals surface area (Å²) < 4.78 is 0. The fraction of sp³-hybridized carbons (Fsp3) is 0.400. The van der Waals surface area contributed by atoms with E-state index < -0.39 is 0 Å². The van der Waals surface area contributed by atoms with E-state index in [0.717, 1.165) is 18.6 Å². The Morgan fingerprint density at radius 2 is 1.88 bits per heavy atom. The Morgan fingerprint density at radius 3 is 2.65 bits per heavy atom. The van der Waals surface area contributed by atoms with E-state index in [2.05, 4.69) is 55.3 Å². The fourth-order valence-electron chi connectivity index (χ4n) is 1.88. The second kappa shape index (κ2) is 4.84. The number of aromatic nitrogens is 1. The van der Waals surface area contributed by atoms with Crippen molar-refractivity contribution in [2.75, 3.05) is 6.54 Å². The van der Waals surface area contributed by atoms with E-state index in [1.807, 2.05) is 12.3 Å². The van der Waals surface area contributed by atoms with Crippen LogP contribution in [0.4, 0.5) is 0 Å². The van der Waals surface area contributed by atoms with Crippen LogP contribution in [-0.4, -0.2) is 11.5 Å². The van der Waals surface area contributed by atoms with Gasteiger partial charge in [-0.05, 0) is 17.0 Å². The van der Waals surface area contributed by atoms with Crippen LogP contribution in [0, 0.1) is 5.41 Å². The molecule has 2 aromatic rings. The molecule has 0 bridgehead atoms. The Hall–Kier alpha value is -1.41. The van der Waals surface area contributed by atoms with Crippen molar-refractivity contribution in [3.63, 3.8) is 0 Å². The molecule has 0 fully saturated rings. The molecule has 1 aromatic heterocycles. The zero-order chi connectivity index (χ0) is 12.3. The van der Waals surface area contributed by atoms with Crippen LogP contribution >= 0.6 is 0 Å². The number of pyridine rings is 1. The van der Waals surface area contributed by atoms with Gasteiger partial charge in [0, 0.05) is 24.7 Å². The summed E-state index contributed by atoms with van der Waals surface area (Å²) in [6.45, 7) is 8.60. The van der Waals surface area contributed by atoms with Crippen molar-refractivity contribution < 1.29 is 0 Å². The molecule has 0 spiro atoms. The predicted octanol–water partition coefficient (Wildman–Crippen LogP) is 3.37. The van der Waals surface area contributed by atoms with Crippen LogP contribution in [0.1, 0.15) is 26.3 Å². The number of hydrogen-bond acceptors (Lipinski definition) is 2. The lowest BCUT2D eigenvalue weighted by Gasteiger charge is -2.19. The van der Waals surface area contributed by atoms with Gasteiger partial charge in [-0.25, -0.2) is 0 Å². The maximum absolute atomic E-state index is 4.46. The maximum Gasteiger partial charge on any atom is 0.0746 e. The molecule has 0 aliphatic rings. The van der Waals surface area contributed by atoms with Gasteiger partial charge < -0.3 is 5.32 Å². The van der Waals surface area contributed by atoms with Crippen LogP contribution in [-0.2, 0) is 6.54 Å². The van der Waals surface area contributed by atoms with Crippen LogP contribution in [0.15, 0.2) is 36.5 Å². The van der Waals surface area contributed by atoms with Crippen molar-refractivity contribution in [3.8, 4) is 0 Å². The molecular formula is C15H20N2. The number of hydrogen-bond donors (Lipinski definition) is 1. The molecule has 1 heterocycles. The van der Waals surface area contributed by atoms with Gasteiger partial charge in [0.15, 0.2) is 0 Å². The summed E-state index contributed by atoms with van der Waals surface area (Å²) in [5, 5.41) is 4.70. The van der Waals surface area contributed by atoms with Gasteiger partial charge in [0.05, 0.1) is 5.52 Å². The molecule has 0 saturated heterocycles. The summed E-state index contributed by atoms with van der Waals surface area (Å²) in [5.41, 5.74) is 2.70. The summed E-state index contributed by atoms with van der Waals surface area (Å²) >= 11 is 0. The van der Waals surface area contributed by atoms with Crippen LogP contribution in [0.3, 0.4) is 0 Å². The first-order chi connectivity index (χ1) is 8.06. The summed E-state index contributed by atoms with van der Waals surface area (Å²) in [7, 11) is 0. The lowest BCUT2D eigenvalue weighted by atomic mass is 9.97. The number of nitrogens with zero attached hydrogens (tertiary/aromatic N) is 1. The van der Waals surface area contributed by atoms with Crippen molar-refractivity contribution in [1.82, 2.24) is 10.3 Å². The molecule has 2 rings (SSSR count). The van der Waals surface area contributed by atoms with Gasteiger partial charge in [0.25, 0.3) is 0 Å². The first-order valence-corrected chi connectivity index (χ1v) is 6.10. The fourth-order valence-corrected chi connectivity index (χ4v) is 1.88. The smallest absolute Gasteiger partial charge is 0.0746 e. The second-order valence-electron chi connectivity index (χ2n) is 5.66. The van der Waals surface area contributed by atoms with E-state index in [1.165, 1.54) is 10.9 Å². The zero-order valence-electron chi connectivity index (χ0n) is 10.8. The summed E-state index contributed by atoms with van der Waals surface area (Å²) in [5.74, 6) is 0. The van der Waals surface area contributed by atoms with E-state index in [-0.39, 0.29) is 0 Å². The molecule has 0 atom stereocenters. The molecule has 17 heavy (non-hydrogen) atoms. The first-order valence-electron chi connectivity index (χ1n) is 6.10. The van der Waals surface area contributed by atoms with E-state index in [0.29, 0.717) is 5.41 Å². The quantitative estimate of drug-likeness (QED) is 0.871. The highest BCUT2D eigenvalue weighted by molar-refractivity contribution is 5.81. The average molecular weight is 228 g/mol. The molecule has 2 heteroatoms. The largest absolute Gasteiger partial charge is 0.312 e. The van der Waals surface area contributed by atoms with Crippen molar-refractivity contribution in [3.05, 3.63) is 42.1 Å². The molecule has 90 valence electrons. The Kier molecular flexibility index (Phi) is 3.43. The van der Waals surface area contributed by atoms with Gasteiger partial charge in [0.1, 0.15) is 0 Å². The van der Waals surface area contributed by atoms with Crippen LogP contribution in [0.2, 0.25) is 0 Å². The Bertz CT molecular complexity index is 492. The minimum atomic E-state index is 0.317. The van der Waals surface area contributed by atoms with Crippen LogP contribution in [0.25, 0.3) is 10.9 Å². The van der Waals surface area contributed by atoms with Crippen molar-refractivity contribution in [1.29, 1.82) is 0 Å². The number of para-hydroxylation sites is 1. The highest BCUT2D eigenvalue weighted by Crippen LogP contribution is 2.16. The molecule has 0 saturated carbocycles. The molecule has 0 unspecified atom stereocenters. The minimum Gasteiger partial charge on any atom is -0.312 e. The van der Waals surface area contributed by atoms with E-state index in [4.69, 9.17) is 0 Å². The Labute approximate surface area is 103 Å². The maximum atomic E-state index is 4.46. The van der Waals surface area contributed by atoms with Crippen molar-refractivity contribution in [2.45, 2.75) is 27.3 Å². The van der Waals surface area contributed by atoms with Gasteiger partial charge in [0.2, 0.25) is 0 Å². The lowest BCUT2D eigenvalue weighted by molar-refractivity contribution is 0.379. The van der Waals surface area contributed by atoms with Gasteiger partial charge >= 0.3 is 0 Å². The van der Waals surface area contributed by atoms with Gasteiger partial charge in [-0.1, -0.05) is 45.0 Å². The monoisotopic (exact) mass is 228 g/mol. The van der Waals surface area contributed by atoms with Crippen molar-refractivity contribution in [2.24, 2.45) is 5.41 Å². The molecule has 2 nitrogen and oxygen atoms in total. The summed E-state index contributed by atoms with van der Waals surface area (Å²) in [6.07, 6.45) is 1.86. The van der Waals surface area contributed by atoms with Gasteiger partial charge in [-0.3, -0.25) is 4.98 Å².